The Morgan fingerprint density at radius 1 is 1.28 bits per heavy atom. The van der Waals surface area contributed by atoms with Gasteiger partial charge < -0.3 is 24.2 Å². The minimum atomic E-state index is -0.934. The molecule has 0 radical (unpaired) electrons. The van der Waals surface area contributed by atoms with Crippen LogP contribution in [-0.2, 0) is 14.2 Å². The Bertz CT molecular complexity index is 737. The van der Waals surface area contributed by atoms with Gasteiger partial charge in [0.25, 0.3) is 0 Å². The second kappa shape index (κ2) is 10.8. The molecule has 6 nitrogen and oxygen atoms in total. The lowest BCUT2D eigenvalue weighted by Crippen LogP contribution is -2.62. The zero-order valence-electron chi connectivity index (χ0n) is 20.1. The van der Waals surface area contributed by atoms with Crippen molar-refractivity contribution < 1.29 is 24.1 Å². The van der Waals surface area contributed by atoms with Crippen LogP contribution in [0.3, 0.4) is 0 Å². The van der Waals surface area contributed by atoms with Crippen molar-refractivity contribution in [2.45, 2.75) is 63.2 Å². The molecule has 1 aliphatic carbocycles. The van der Waals surface area contributed by atoms with E-state index in [9.17, 15) is 9.90 Å². The van der Waals surface area contributed by atoms with E-state index in [-0.39, 0.29) is 29.6 Å². The van der Waals surface area contributed by atoms with E-state index >= 15 is 0 Å². The summed E-state index contributed by atoms with van der Waals surface area (Å²) in [4.78, 5) is 15.7. The van der Waals surface area contributed by atoms with E-state index in [4.69, 9.17) is 14.2 Å². The third-order valence-corrected chi connectivity index (χ3v) is 8.70. The monoisotopic (exact) mass is 465 g/mol. The number of methoxy groups -OCH3 is 1. The first-order valence-corrected chi connectivity index (χ1v) is 12.6. The van der Waals surface area contributed by atoms with E-state index in [2.05, 4.69) is 39.8 Å². The molecule has 1 N–H and O–H groups in total. The van der Waals surface area contributed by atoms with E-state index in [0.29, 0.717) is 50.8 Å². The van der Waals surface area contributed by atoms with Crippen LogP contribution in [0.15, 0.2) is 35.2 Å². The molecule has 180 valence electrons. The summed E-state index contributed by atoms with van der Waals surface area (Å²) in [5, 5.41) is 12.0. The molecular weight excluding hydrogens is 426 g/mol. The van der Waals surface area contributed by atoms with Crippen molar-refractivity contribution in [1.82, 2.24) is 4.90 Å². The van der Waals surface area contributed by atoms with Crippen LogP contribution < -0.4 is 0 Å². The Kier molecular flexibility index (Phi) is 8.53. The van der Waals surface area contributed by atoms with Crippen LogP contribution in [0, 0.1) is 17.3 Å². The fourth-order valence-corrected chi connectivity index (χ4v) is 6.05. The lowest BCUT2D eigenvalue weighted by Gasteiger charge is -2.54. The molecule has 3 rings (SSSR count). The zero-order chi connectivity index (χ0) is 23.4. The highest BCUT2D eigenvalue weighted by Gasteiger charge is 2.56. The number of nitrogens with zero attached hydrogens (tertiary/aromatic N) is 1. The van der Waals surface area contributed by atoms with Gasteiger partial charge in [0, 0.05) is 36.8 Å². The van der Waals surface area contributed by atoms with Crippen molar-refractivity contribution in [2.75, 3.05) is 39.2 Å². The number of ether oxygens (including phenoxy) is 3. The molecule has 1 aliphatic heterocycles. The second-order valence-electron chi connectivity index (χ2n) is 9.92. The Balaban J connectivity index is 1.82. The van der Waals surface area contributed by atoms with Crippen LogP contribution in [0.2, 0.25) is 0 Å². The molecule has 1 aromatic carbocycles. The molecule has 1 amide bonds. The van der Waals surface area contributed by atoms with Gasteiger partial charge in [0.15, 0.2) is 0 Å². The van der Waals surface area contributed by atoms with Gasteiger partial charge in [-0.3, -0.25) is 0 Å². The minimum absolute atomic E-state index is 0.188. The van der Waals surface area contributed by atoms with E-state index in [1.807, 2.05) is 18.2 Å². The predicted octanol–water partition coefficient (Wildman–Crippen LogP) is 4.45. The Labute approximate surface area is 197 Å². The van der Waals surface area contributed by atoms with Crippen LogP contribution in [0.25, 0.3) is 0 Å². The first kappa shape index (κ1) is 25.3. The molecule has 1 aromatic rings. The number of carbonyl (C=O) groups is 1. The van der Waals surface area contributed by atoms with Gasteiger partial charge >= 0.3 is 6.09 Å². The smallest absolute Gasteiger partial charge is 0.410 e. The van der Waals surface area contributed by atoms with Crippen molar-refractivity contribution in [1.29, 1.82) is 0 Å². The molecule has 1 saturated carbocycles. The Hall–Kier alpha value is -1.28. The van der Waals surface area contributed by atoms with Gasteiger partial charge in [-0.05, 0) is 36.3 Å². The lowest BCUT2D eigenvalue weighted by atomic mass is 9.58. The topological polar surface area (TPSA) is 68.2 Å². The molecule has 0 aromatic heterocycles. The van der Waals surface area contributed by atoms with Crippen molar-refractivity contribution in [3.63, 3.8) is 0 Å². The van der Waals surface area contributed by atoms with Crippen LogP contribution >= 0.6 is 11.8 Å². The Morgan fingerprint density at radius 2 is 1.94 bits per heavy atom. The number of amides is 1. The molecule has 0 bridgehead atoms. The molecule has 1 saturated heterocycles. The van der Waals surface area contributed by atoms with Gasteiger partial charge in [-0.25, -0.2) is 4.79 Å². The minimum Gasteiger partial charge on any atom is -0.443 e. The summed E-state index contributed by atoms with van der Waals surface area (Å²) in [6, 6.07) is 10.2. The first-order chi connectivity index (χ1) is 15.2. The van der Waals surface area contributed by atoms with Gasteiger partial charge in [-0.2, -0.15) is 0 Å². The maximum atomic E-state index is 12.8. The molecule has 7 heteroatoms. The third kappa shape index (κ3) is 5.61. The van der Waals surface area contributed by atoms with Gasteiger partial charge in [0.2, 0.25) is 0 Å². The molecule has 2 fully saturated rings. The standard InChI is InChI=1S/C25H39NO5S/c1-18(2)24(3,4)22-21(29-5)20(31-23(27)26-13-15-30-16-14-26)11-12-25(22,28)17-32-19-9-7-6-8-10-19/h6-10,18,20-22,28H,11-17H2,1-5H3. The molecule has 4 atom stereocenters. The molecule has 4 unspecified atom stereocenters. The van der Waals surface area contributed by atoms with E-state index in [1.54, 1.807) is 23.8 Å². The number of rotatable bonds is 7. The number of hydrogen-bond acceptors (Lipinski definition) is 6. The summed E-state index contributed by atoms with van der Waals surface area (Å²) in [5.74, 6) is 0.696. The van der Waals surface area contributed by atoms with Crippen LogP contribution in [0.4, 0.5) is 4.79 Å². The molecule has 32 heavy (non-hydrogen) atoms. The summed E-state index contributed by atoms with van der Waals surface area (Å²) in [6.45, 7) is 10.9. The third-order valence-electron chi connectivity index (χ3n) is 7.45. The van der Waals surface area contributed by atoms with Crippen molar-refractivity contribution in [3.05, 3.63) is 30.3 Å². The zero-order valence-corrected chi connectivity index (χ0v) is 20.9. The maximum absolute atomic E-state index is 12.8. The molecule has 1 heterocycles. The van der Waals surface area contributed by atoms with Crippen LogP contribution in [0.5, 0.6) is 0 Å². The number of aliphatic hydroxyl groups is 1. The van der Waals surface area contributed by atoms with Crippen molar-refractivity contribution in [3.8, 4) is 0 Å². The fraction of sp³-hybridized carbons (Fsp3) is 0.720. The number of benzene rings is 1. The first-order valence-electron chi connectivity index (χ1n) is 11.7. The SMILES string of the molecule is COC1C(OC(=O)N2CCOCC2)CCC(O)(CSc2ccccc2)C1C(C)(C)C(C)C. The number of hydrogen-bond donors (Lipinski definition) is 1. The van der Waals surface area contributed by atoms with Gasteiger partial charge in [-0.15, -0.1) is 11.8 Å². The average molecular weight is 466 g/mol. The second-order valence-corrected chi connectivity index (χ2v) is 11.0. The van der Waals surface area contributed by atoms with Crippen LogP contribution in [0.1, 0.15) is 40.5 Å². The van der Waals surface area contributed by atoms with E-state index in [1.165, 1.54) is 0 Å². The maximum Gasteiger partial charge on any atom is 0.410 e. The largest absolute Gasteiger partial charge is 0.443 e. The van der Waals surface area contributed by atoms with Crippen molar-refractivity contribution >= 4 is 17.9 Å². The van der Waals surface area contributed by atoms with Gasteiger partial charge in [0.05, 0.1) is 18.8 Å². The highest BCUT2D eigenvalue weighted by molar-refractivity contribution is 7.99. The number of carbonyl (C=O) groups excluding carboxylic acids is 1. The lowest BCUT2D eigenvalue weighted by molar-refractivity contribution is -0.193. The summed E-state index contributed by atoms with van der Waals surface area (Å²) in [5.41, 5.74) is -1.16. The Morgan fingerprint density at radius 3 is 2.53 bits per heavy atom. The fourth-order valence-electron chi connectivity index (χ4n) is 4.96. The molecular formula is C25H39NO5S. The number of morpholine rings is 1. The highest BCUT2D eigenvalue weighted by Crippen LogP contribution is 2.51. The summed E-state index contributed by atoms with van der Waals surface area (Å²) < 4.78 is 17.3. The van der Waals surface area contributed by atoms with E-state index in [0.717, 1.165) is 4.90 Å². The number of thioether (sulfide) groups is 1. The summed E-state index contributed by atoms with van der Waals surface area (Å²) in [7, 11) is 1.67. The van der Waals surface area contributed by atoms with Gasteiger partial charge in [-0.1, -0.05) is 45.9 Å². The molecule has 2 aliphatic rings. The average Bonchev–Trinajstić information content (AvgIpc) is 2.79. The summed E-state index contributed by atoms with van der Waals surface area (Å²) >= 11 is 1.67. The normalized spacial score (nSPS) is 29.2. The summed E-state index contributed by atoms with van der Waals surface area (Å²) in [6.07, 6.45) is 0.0538. The van der Waals surface area contributed by atoms with Crippen molar-refractivity contribution in [2.24, 2.45) is 17.3 Å². The van der Waals surface area contributed by atoms with Gasteiger partial charge in [0.1, 0.15) is 12.2 Å². The highest BCUT2D eigenvalue weighted by atomic mass is 32.2. The quantitative estimate of drug-likeness (QED) is 0.600. The molecule has 0 spiro atoms. The van der Waals surface area contributed by atoms with E-state index < -0.39 is 5.60 Å². The predicted molar refractivity (Wildman–Crippen MR) is 127 cm³/mol. The van der Waals surface area contributed by atoms with Crippen LogP contribution in [-0.4, -0.2) is 73.1 Å².